The van der Waals surface area contributed by atoms with Crippen LogP contribution in [0.5, 0.6) is 5.75 Å². The number of carbonyl (C=O) groups excluding carboxylic acids is 1. The number of aromatic nitrogens is 3. The van der Waals surface area contributed by atoms with Gasteiger partial charge in [0.05, 0.1) is 18.8 Å². The number of hydrogen-bond donors (Lipinski definition) is 0. The average molecular weight is 394 g/mol. The number of para-hydroxylation sites is 1. The molecule has 0 N–H and O–H groups in total. The fourth-order valence-electron chi connectivity index (χ4n) is 3.37. The molecule has 0 spiro atoms. The molecule has 1 atom stereocenters. The van der Waals surface area contributed by atoms with E-state index in [0.717, 1.165) is 18.4 Å². The Labute approximate surface area is 168 Å². The van der Waals surface area contributed by atoms with E-state index < -0.39 is 0 Å². The maximum absolute atomic E-state index is 12.9. The van der Waals surface area contributed by atoms with E-state index in [1.54, 1.807) is 43.8 Å². The molecule has 1 unspecified atom stereocenters. The molecule has 0 aliphatic carbocycles. The van der Waals surface area contributed by atoms with E-state index in [1.165, 1.54) is 0 Å². The highest BCUT2D eigenvalue weighted by molar-refractivity contribution is 5.97. The Hall–Kier alpha value is -3.26. The smallest absolute Gasteiger partial charge is 0.258 e. The molecule has 1 aromatic carbocycles. The molecule has 0 bridgehead atoms. The van der Waals surface area contributed by atoms with Crippen LogP contribution < -0.4 is 4.74 Å². The quantitative estimate of drug-likeness (QED) is 0.635. The number of benzene rings is 1. The van der Waals surface area contributed by atoms with Crippen molar-refractivity contribution >= 4 is 5.91 Å². The third-order valence-corrected chi connectivity index (χ3v) is 4.85. The third-order valence-electron chi connectivity index (χ3n) is 4.85. The Bertz CT molecular complexity index is 960. The van der Waals surface area contributed by atoms with E-state index >= 15 is 0 Å². The number of amides is 1. The molecule has 3 aromatic rings. The summed E-state index contributed by atoms with van der Waals surface area (Å²) in [4.78, 5) is 23.1. The average Bonchev–Trinajstić information content (AvgIpc) is 3.27. The zero-order chi connectivity index (χ0) is 20.1. The van der Waals surface area contributed by atoms with Gasteiger partial charge in [-0.15, -0.1) is 0 Å². The van der Waals surface area contributed by atoms with Crippen LogP contribution in [-0.4, -0.2) is 52.2 Å². The lowest BCUT2D eigenvalue weighted by atomic mass is 10.1. The van der Waals surface area contributed by atoms with E-state index in [9.17, 15) is 4.79 Å². The molecule has 1 amide bonds. The summed E-state index contributed by atoms with van der Waals surface area (Å²) in [5.41, 5.74) is 1.38. The molecule has 1 aliphatic rings. The predicted octanol–water partition coefficient (Wildman–Crippen LogP) is 2.96. The van der Waals surface area contributed by atoms with Gasteiger partial charge in [-0.3, -0.25) is 9.78 Å². The third kappa shape index (κ3) is 4.43. The van der Waals surface area contributed by atoms with Crippen LogP contribution in [0.25, 0.3) is 11.5 Å². The second-order valence-electron chi connectivity index (χ2n) is 6.78. The van der Waals surface area contributed by atoms with E-state index in [2.05, 4.69) is 15.1 Å². The molecule has 8 nitrogen and oxygen atoms in total. The summed E-state index contributed by atoms with van der Waals surface area (Å²) >= 11 is 0. The van der Waals surface area contributed by atoms with Gasteiger partial charge in [0, 0.05) is 31.0 Å². The Balaban J connectivity index is 1.36. The van der Waals surface area contributed by atoms with E-state index in [1.807, 2.05) is 17.0 Å². The van der Waals surface area contributed by atoms with E-state index in [0.29, 0.717) is 36.1 Å². The first kappa shape index (κ1) is 19.1. The van der Waals surface area contributed by atoms with Gasteiger partial charge < -0.3 is 18.9 Å². The summed E-state index contributed by atoms with van der Waals surface area (Å²) in [7, 11) is 1.57. The van der Waals surface area contributed by atoms with Crippen molar-refractivity contribution in [2.75, 3.05) is 20.2 Å². The molecule has 3 heterocycles. The maximum atomic E-state index is 12.9. The number of piperidine rings is 1. The van der Waals surface area contributed by atoms with Gasteiger partial charge in [-0.2, -0.15) is 4.98 Å². The molecular formula is C21H22N4O4. The van der Waals surface area contributed by atoms with Crippen molar-refractivity contribution in [1.29, 1.82) is 0 Å². The minimum absolute atomic E-state index is 0.0460. The van der Waals surface area contributed by atoms with Crippen LogP contribution >= 0.6 is 0 Å². The van der Waals surface area contributed by atoms with E-state index in [-0.39, 0.29) is 18.6 Å². The minimum atomic E-state index is -0.0784. The fraction of sp³-hybridized carbons (Fsp3) is 0.333. The van der Waals surface area contributed by atoms with Gasteiger partial charge in [-0.1, -0.05) is 17.3 Å². The summed E-state index contributed by atoms with van der Waals surface area (Å²) in [6.45, 7) is 1.45. The first-order valence-electron chi connectivity index (χ1n) is 9.51. The van der Waals surface area contributed by atoms with Crippen LogP contribution in [-0.2, 0) is 11.3 Å². The topological polar surface area (TPSA) is 90.6 Å². The van der Waals surface area contributed by atoms with Crippen LogP contribution in [0.15, 0.2) is 53.3 Å². The van der Waals surface area contributed by atoms with Gasteiger partial charge in [0.15, 0.2) is 5.82 Å². The molecule has 150 valence electrons. The molecule has 1 aliphatic heterocycles. The second-order valence-corrected chi connectivity index (χ2v) is 6.78. The Morgan fingerprint density at radius 3 is 2.90 bits per heavy atom. The van der Waals surface area contributed by atoms with Crippen LogP contribution in [0.1, 0.15) is 29.0 Å². The number of methoxy groups -OCH3 is 1. The zero-order valence-electron chi connectivity index (χ0n) is 16.2. The maximum Gasteiger partial charge on any atom is 0.258 e. The van der Waals surface area contributed by atoms with Crippen molar-refractivity contribution in [2.45, 2.75) is 25.6 Å². The van der Waals surface area contributed by atoms with Crippen LogP contribution in [0.3, 0.4) is 0 Å². The molecule has 0 saturated carbocycles. The molecule has 4 rings (SSSR count). The highest BCUT2D eigenvalue weighted by Crippen LogP contribution is 2.23. The molecule has 2 aromatic heterocycles. The first-order chi connectivity index (χ1) is 14.2. The lowest BCUT2D eigenvalue weighted by molar-refractivity contribution is -0.00968. The van der Waals surface area contributed by atoms with E-state index in [4.69, 9.17) is 14.0 Å². The van der Waals surface area contributed by atoms with Crippen LogP contribution in [0, 0.1) is 0 Å². The lowest BCUT2D eigenvalue weighted by Gasteiger charge is -2.32. The second kappa shape index (κ2) is 8.83. The summed E-state index contributed by atoms with van der Waals surface area (Å²) in [5.74, 6) is 1.44. The van der Waals surface area contributed by atoms with Gasteiger partial charge in [0.2, 0.25) is 0 Å². The first-order valence-corrected chi connectivity index (χ1v) is 9.51. The predicted molar refractivity (Wildman–Crippen MR) is 104 cm³/mol. The van der Waals surface area contributed by atoms with Crippen molar-refractivity contribution in [1.82, 2.24) is 20.0 Å². The standard InChI is InChI=1S/C21H22N4O4/c1-27-18-7-3-2-6-17(18)21(26)25-12-4-5-16(13-25)28-14-19-23-20(29-24-19)15-8-10-22-11-9-15/h2-3,6-11,16H,4-5,12-14H2,1H3. The van der Waals surface area contributed by atoms with Crippen LogP contribution in [0.2, 0.25) is 0 Å². The fourth-order valence-corrected chi connectivity index (χ4v) is 3.37. The van der Waals surface area contributed by atoms with Gasteiger partial charge in [-0.25, -0.2) is 0 Å². The number of ether oxygens (including phenoxy) is 2. The van der Waals surface area contributed by atoms with Crippen molar-refractivity contribution in [3.8, 4) is 17.2 Å². The zero-order valence-corrected chi connectivity index (χ0v) is 16.2. The summed E-state index contributed by atoms with van der Waals surface area (Å²) in [6, 6.07) is 10.9. The molecule has 1 fully saturated rings. The Morgan fingerprint density at radius 1 is 1.24 bits per heavy atom. The summed E-state index contributed by atoms with van der Waals surface area (Å²) < 4.78 is 16.6. The SMILES string of the molecule is COc1ccccc1C(=O)N1CCCC(OCc2noc(-c3ccncc3)n2)C1. The molecule has 8 heteroatoms. The molecule has 1 saturated heterocycles. The van der Waals surface area contributed by atoms with Gasteiger partial charge in [0.1, 0.15) is 12.4 Å². The number of likely N-dealkylation sites (tertiary alicyclic amines) is 1. The number of hydrogen-bond acceptors (Lipinski definition) is 7. The number of rotatable bonds is 6. The highest BCUT2D eigenvalue weighted by Gasteiger charge is 2.27. The minimum Gasteiger partial charge on any atom is -0.496 e. The van der Waals surface area contributed by atoms with Crippen molar-refractivity contribution in [3.63, 3.8) is 0 Å². The lowest BCUT2D eigenvalue weighted by Crippen LogP contribution is -2.43. The normalized spacial score (nSPS) is 16.6. The monoisotopic (exact) mass is 394 g/mol. The highest BCUT2D eigenvalue weighted by atomic mass is 16.5. The Morgan fingerprint density at radius 2 is 2.07 bits per heavy atom. The largest absolute Gasteiger partial charge is 0.496 e. The van der Waals surface area contributed by atoms with Gasteiger partial charge >= 0.3 is 0 Å². The van der Waals surface area contributed by atoms with Gasteiger partial charge in [-0.05, 0) is 37.1 Å². The number of carbonyl (C=O) groups is 1. The summed E-state index contributed by atoms with van der Waals surface area (Å²) in [5, 5.41) is 3.97. The number of pyridine rings is 1. The Kier molecular flexibility index (Phi) is 5.81. The molecular weight excluding hydrogens is 372 g/mol. The van der Waals surface area contributed by atoms with Crippen molar-refractivity contribution < 1.29 is 18.8 Å². The number of nitrogens with zero attached hydrogens (tertiary/aromatic N) is 4. The van der Waals surface area contributed by atoms with Crippen LogP contribution in [0.4, 0.5) is 0 Å². The molecule has 29 heavy (non-hydrogen) atoms. The van der Waals surface area contributed by atoms with Gasteiger partial charge in [0.25, 0.3) is 11.8 Å². The summed E-state index contributed by atoms with van der Waals surface area (Å²) in [6.07, 6.45) is 5.02. The van der Waals surface area contributed by atoms with Crippen molar-refractivity contribution in [2.24, 2.45) is 0 Å². The van der Waals surface area contributed by atoms with Crippen molar-refractivity contribution in [3.05, 3.63) is 60.2 Å². The molecule has 0 radical (unpaired) electrons.